The zero-order valence-corrected chi connectivity index (χ0v) is 14.0. The van der Waals surface area contributed by atoms with Crippen LogP contribution in [0.4, 0.5) is 0 Å². The van der Waals surface area contributed by atoms with Crippen LogP contribution in [-0.2, 0) is 0 Å². The summed E-state index contributed by atoms with van der Waals surface area (Å²) < 4.78 is 5.84. The van der Waals surface area contributed by atoms with Crippen molar-refractivity contribution in [1.29, 1.82) is 0 Å². The fourth-order valence-electron chi connectivity index (χ4n) is 3.55. The Labute approximate surface area is 129 Å². The van der Waals surface area contributed by atoms with Gasteiger partial charge in [0.15, 0.2) is 0 Å². The Kier molecular flexibility index (Phi) is 5.65. The Hall–Kier alpha value is -1.06. The summed E-state index contributed by atoms with van der Waals surface area (Å²) in [5.41, 5.74) is 1.33. The minimum Gasteiger partial charge on any atom is -0.494 e. The van der Waals surface area contributed by atoms with E-state index in [4.69, 9.17) is 4.74 Å². The average molecular weight is 290 g/mol. The van der Waals surface area contributed by atoms with E-state index in [9.17, 15) is 0 Å². The van der Waals surface area contributed by atoms with E-state index in [1.54, 1.807) is 0 Å². The third-order valence-corrected chi connectivity index (χ3v) is 4.70. The normalized spacial score (nSPS) is 18.5. The first-order valence-corrected chi connectivity index (χ1v) is 8.25. The minimum absolute atomic E-state index is 0.0718. The monoisotopic (exact) mass is 290 g/mol. The molecule has 0 amide bonds. The summed E-state index contributed by atoms with van der Waals surface area (Å²) in [6.45, 7) is 9.84. The molecule has 0 aromatic heterocycles. The molecule has 0 aliphatic carbocycles. The van der Waals surface area contributed by atoms with E-state index in [1.807, 2.05) is 6.92 Å². The number of para-hydroxylation sites is 1. The number of likely N-dealkylation sites (tertiary alicyclic amines) is 1. The number of benzene rings is 1. The van der Waals surface area contributed by atoms with Crippen LogP contribution in [0.25, 0.3) is 0 Å². The van der Waals surface area contributed by atoms with Crippen LogP contribution in [0.2, 0.25) is 0 Å². The number of nitrogens with one attached hydrogen (secondary N) is 1. The Morgan fingerprint density at radius 2 is 1.86 bits per heavy atom. The lowest BCUT2D eigenvalue weighted by Crippen LogP contribution is -2.53. The van der Waals surface area contributed by atoms with Crippen LogP contribution in [0, 0.1) is 0 Å². The predicted molar refractivity (Wildman–Crippen MR) is 88.9 cm³/mol. The number of hydrogen-bond donors (Lipinski definition) is 1. The molecular formula is C18H30N2O. The minimum atomic E-state index is 0.0718. The molecular weight excluding hydrogens is 260 g/mol. The molecule has 2 rings (SSSR count). The Morgan fingerprint density at radius 3 is 2.48 bits per heavy atom. The van der Waals surface area contributed by atoms with Crippen molar-refractivity contribution >= 4 is 0 Å². The van der Waals surface area contributed by atoms with Gasteiger partial charge in [0.2, 0.25) is 0 Å². The molecule has 1 saturated heterocycles. The Balaban J connectivity index is 2.29. The van der Waals surface area contributed by atoms with Crippen LogP contribution in [0.1, 0.15) is 51.6 Å². The molecule has 1 atom stereocenters. The van der Waals surface area contributed by atoms with Gasteiger partial charge < -0.3 is 10.1 Å². The van der Waals surface area contributed by atoms with Gasteiger partial charge in [-0.15, -0.1) is 0 Å². The van der Waals surface area contributed by atoms with Crippen molar-refractivity contribution in [2.75, 3.05) is 26.7 Å². The number of hydrogen-bond acceptors (Lipinski definition) is 3. The zero-order valence-electron chi connectivity index (χ0n) is 14.0. The third-order valence-electron chi connectivity index (χ3n) is 4.70. The van der Waals surface area contributed by atoms with Crippen LogP contribution >= 0.6 is 0 Å². The van der Waals surface area contributed by atoms with E-state index in [1.165, 1.54) is 37.9 Å². The van der Waals surface area contributed by atoms with Crippen molar-refractivity contribution in [3.8, 4) is 5.75 Å². The van der Waals surface area contributed by atoms with Gasteiger partial charge in [0.1, 0.15) is 5.75 Å². The lowest BCUT2D eigenvalue weighted by Gasteiger charge is -2.46. The fourth-order valence-corrected chi connectivity index (χ4v) is 3.55. The van der Waals surface area contributed by atoms with E-state index in [-0.39, 0.29) is 11.6 Å². The van der Waals surface area contributed by atoms with Crippen LogP contribution in [-0.4, -0.2) is 37.2 Å². The van der Waals surface area contributed by atoms with Gasteiger partial charge in [-0.25, -0.2) is 0 Å². The standard InChI is InChI=1S/C18H30N2O/c1-5-21-16-12-8-7-11-15(16)17(19-4)18(2,3)20-13-9-6-10-14-20/h7-8,11-12,17,19H,5-6,9-10,13-14H2,1-4H3. The molecule has 0 radical (unpaired) electrons. The summed E-state index contributed by atoms with van der Waals surface area (Å²) in [4.78, 5) is 2.63. The fraction of sp³-hybridized carbons (Fsp3) is 0.667. The number of likely N-dealkylation sites (N-methyl/N-ethyl adjacent to an activating group) is 1. The molecule has 118 valence electrons. The predicted octanol–water partition coefficient (Wildman–Crippen LogP) is 3.61. The largest absolute Gasteiger partial charge is 0.494 e. The summed E-state index contributed by atoms with van der Waals surface area (Å²) in [5.74, 6) is 1.00. The molecule has 0 saturated carbocycles. The maximum Gasteiger partial charge on any atom is 0.124 e. The second kappa shape index (κ2) is 7.28. The lowest BCUT2D eigenvalue weighted by atomic mass is 9.85. The highest BCUT2D eigenvalue weighted by Gasteiger charge is 2.37. The van der Waals surface area contributed by atoms with Gasteiger partial charge >= 0.3 is 0 Å². The quantitative estimate of drug-likeness (QED) is 0.866. The van der Waals surface area contributed by atoms with E-state index in [0.29, 0.717) is 6.61 Å². The zero-order chi connectivity index (χ0) is 15.3. The van der Waals surface area contributed by atoms with Crippen LogP contribution in [0.3, 0.4) is 0 Å². The van der Waals surface area contributed by atoms with E-state index in [0.717, 1.165) is 5.75 Å². The van der Waals surface area contributed by atoms with Gasteiger partial charge in [-0.05, 0) is 59.8 Å². The van der Waals surface area contributed by atoms with E-state index >= 15 is 0 Å². The van der Waals surface area contributed by atoms with Crippen molar-refractivity contribution in [2.24, 2.45) is 0 Å². The number of nitrogens with zero attached hydrogens (tertiary/aromatic N) is 1. The number of piperidine rings is 1. The molecule has 1 heterocycles. The molecule has 1 aliphatic heterocycles. The lowest BCUT2D eigenvalue weighted by molar-refractivity contribution is 0.0623. The summed E-state index contributed by atoms with van der Waals surface area (Å²) in [7, 11) is 2.05. The van der Waals surface area contributed by atoms with Crippen LogP contribution in [0.5, 0.6) is 5.75 Å². The van der Waals surface area contributed by atoms with E-state index in [2.05, 4.69) is 55.4 Å². The Morgan fingerprint density at radius 1 is 1.19 bits per heavy atom. The summed E-state index contributed by atoms with van der Waals surface area (Å²) >= 11 is 0. The molecule has 1 unspecified atom stereocenters. The van der Waals surface area contributed by atoms with Crippen molar-refractivity contribution in [2.45, 2.75) is 51.6 Å². The summed E-state index contributed by atoms with van der Waals surface area (Å²) in [6, 6.07) is 8.69. The van der Waals surface area contributed by atoms with Crippen molar-refractivity contribution < 1.29 is 4.74 Å². The van der Waals surface area contributed by atoms with Crippen molar-refractivity contribution in [3.05, 3.63) is 29.8 Å². The average Bonchev–Trinajstić information content (AvgIpc) is 2.51. The molecule has 1 N–H and O–H groups in total. The van der Waals surface area contributed by atoms with Crippen molar-refractivity contribution in [1.82, 2.24) is 10.2 Å². The van der Waals surface area contributed by atoms with Crippen molar-refractivity contribution in [3.63, 3.8) is 0 Å². The molecule has 1 fully saturated rings. The van der Waals surface area contributed by atoms with Gasteiger partial charge in [0.05, 0.1) is 12.6 Å². The van der Waals surface area contributed by atoms with Gasteiger partial charge in [0, 0.05) is 11.1 Å². The summed E-state index contributed by atoms with van der Waals surface area (Å²) in [5, 5.41) is 3.53. The number of ether oxygens (including phenoxy) is 1. The van der Waals surface area contributed by atoms with Crippen LogP contribution < -0.4 is 10.1 Å². The maximum atomic E-state index is 5.84. The number of rotatable bonds is 6. The van der Waals surface area contributed by atoms with Gasteiger partial charge in [0.25, 0.3) is 0 Å². The second-order valence-electron chi connectivity index (χ2n) is 6.39. The first-order valence-electron chi connectivity index (χ1n) is 8.25. The first kappa shape index (κ1) is 16.3. The molecule has 21 heavy (non-hydrogen) atoms. The molecule has 1 aromatic carbocycles. The van der Waals surface area contributed by atoms with Crippen LogP contribution in [0.15, 0.2) is 24.3 Å². The summed E-state index contributed by atoms with van der Waals surface area (Å²) in [6.07, 6.45) is 3.99. The maximum absolute atomic E-state index is 5.84. The topological polar surface area (TPSA) is 24.5 Å². The van der Waals surface area contributed by atoms with Gasteiger partial charge in [-0.3, -0.25) is 4.90 Å². The molecule has 3 heteroatoms. The highest BCUT2D eigenvalue weighted by Crippen LogP contribution is 2.36. The second-order valence-corrected chi connectivity index (χ2v) is 6.39. The van der Waals surface area contributed by atoms with Gasteiger partial charge in [-0.2, -0.15) is 0 Å². The smallest absolute Gasteiger partial charge is 0.124 e. The van der Waals surface area contributed by atoms with E-state index < -0.39 is 0 Å². The molecule has 1 aromatic rings. The van der Waals surface area contributed by atoms with Gasteiger partial charge in [-0.1, -0.05) is 24.6 Å². The molecule has 0 spiro atoms. The highest BCUT2D eigenvalue weighted by molar-refractivity contribution is 5.37. The first-order chi connectivity index (χ1) is 10.1. The third kappa shape index (κ3) is 3.58. The SMILES string of the molecule is CCOc1ccccc1C(NC)C(C)(C)N1CCCCC1. The molecule has 0 bridgehead atoms. The molecule has 3 nitrogen and oxygen atoms in total. The Bertz CT molecular complexity index is 439. The molecule has 1 aliphatic rings. The highest BCUT2D eigenvalue weighted by atomic mass is 16.5.